The van der Waals surface area contributed by atoms with Crippen LogP contribution in [0.3, 0.4) is 0 Å². The zero-order valence-electron chi connectivity index (χ0n) is 15.5. The van der Waals surface area contributed by atoms with Crippen molar-refractivity contribution in [1.82, 2.24) is 20.0 Å². The quantitative estimate of drug-likeness (QED) is 0.633. The molecule has 0 radical (unpaired) electrons. The summed E-state index contributed by atoms with van der Waals surface area (Å²) < 4.78 is 11.2. The van der Waals surface area contributed by atoms with Crippen LogP contribution in [0.25, 0.3) is 11.5 Å². The van der Waals surface area contributed by atoms with E-state index < -0.39 is 0 Å². The average Bonchev–Trinajstić information content (AvgIpc) is 3.28. The van der Waals surface area contributed by atoms with Crippen LogP contribution in [-0.4, -0.2) is 26.6 Å². The highest BCUT2D eigenvalue weighted by atomic mass is 16.5. The van der Waals surface area contributed by atoms with Crippen LogP contribution in [0, 0.1) is 13.8 Å². The van der Waals surface area contributed by atoms with Crippen LogP contribution in [-0.2, 0) is 13.1 Å². The molecule has 6 nitrogen and oxygen atoms in total. The van der Waals surface area contributed by atoms with E-state index in [0.717, 1.165) is 35.3 Å². The second-order valence-electron chi connectivity index (χ2n) is 7.01. The van der Waals surface area contributed by atoms with Gasteiger partial charge in [0.1, 0.15) is 5.76 Å². The Bertz CT molecular complexity index is 878. The number of rotatable bonds is 7. The molecule has 0 aliphatic heterocycles. The number of nitrogens with zero attached hydrogens (tertiary/aromatic N) is 4. The van der Waals surface area contributed by atoms with Gasteiger partial charge >= 0.3 is 0 Å². The maximum atomic E-state index is 5.89. The van der Waals surface area contributed by atoms with Gasteiger partial charge in [0, 0.05) is 18.0 Å². The Morgan fingerprint density at radius 3 is 2.54 bits per heavy atom. The first-order valence-electron chi connectivity index (χ1n) is 9.20. The van der Waals surface area contributed by atoms with Crippen LogP contribution in [0.1, 0.15) is 54.4 Å². The van der Waals surface area contributed by atoms with E-state index in [1.165, 1.54) is 18.4 Å². The first-order valence-corrected chi connectivity index (χ1v) is 9.20. The molecule has 1 fully saturated rings. The average molecular weight is 352 g/mol. The van der Waals surface area contributed by atoms with Crippen molar-refractivity contribution in [2.45, 2.75) is 52.6 Å². The van der Waals surface area contributed by atoms with Crippen LogP contribution in [0.5, 0.6) is 0 Å². The molecule has 2 aromatic heterocycles. The second-order valence-corrected chi connectivity index (χ2v) is 7.01. The Kier molecular flexibility index (Phi) is 4.59. The lowest BCUT2D eigenvalue weighted by Crippen LogP contribution is -2.23. The van der Waals surface area contributed by atoms with Crippen molar-refractivity contribution >= 4 is 0 Å². The van der Waals surface area contributed by atoms with Gasteiger partial charge in [-0.15, -0.1) is 0 Å². The van der Waals surface area contributed by atoms with E-state index in [0.29, 0.717) is 24.9 Å². The molecule has 26 heavy (non-hydrogen) atoms. The summed E-state index contributed by atoms with van der Waals surface area (Å²) in [7, 11) is 0. The van der Waals surface area contributed by atoms with Crippen LogP contribution >= 0.6 is 0 Å². The lowest BCUT2D eigenvalue weighted by molar-refractivity contribution is 0.255. The normalized spacial score (nSPS) is 14.3. The molecular weight excluding hydrogens is 328 g/mol. The molecule has 0 bridgehead atoms. The highest BCUT2D eigenvalue weighted by Crippen LogP contribution is 2.38. The summed E-state index contributed by atoms with van der Waals surface area (Å²) in [6.45, 7) is 8.39. The van der Waals surface area contributed by atoms with Gasteiger partial charge in [-0.2, -0.15) is 4.98 Å². The van der Waals surface area contributed by atoms with Crippen molar-refractivity contribution in [2.24, 2.45) is 0 Å². The Hall–Kier alpha value is -2.47. The molecule has 1 aliphatic rings. The molecule has 0 amide bonds. The number of benzene rings is 1. The summed E-state index contributed by atoms with van der Waals surface area (Å²) in [5, 5.41) is 4.12. The van der Waals surface area contributed by atoms with E-state index in [1.807, 2.05) is 19.1 Å². The standard InChI is InChI=1S/C20H24N4O2/c1-4-24(12-18-22-20(26-23-18)16-9-10-16)11-17-14(3)25-19(21-17)15-7-5-13(2)6-8-15/h5-8,16H,4,9-12H2,1-3H3. The van der Waals surface area contributed by atoms with Crippen LogP contribution in [0.2, 0.25) is 0 Å². The molecule has 0 spiro atoms. The summed E-state index contributed by atoms with van der Waals surface area (Å²) in [6, 6.07) is 8.22. The van der Waals surface area contributed by atoms with E-state index in [9.17, 15) is 0 Å². The van der Waals surface area contributed by atoms with Gasteiger partial charge in [-0.1, -0.05) is 29.8 Å². The third-order valence-electron chi connectivity index (χ3n) is 4.79. The molecule has 2 heterocycles. The van der Waals surface area contributed by atoms with Crippen molar-refractivity contribution in [1.29, 1.82) is 0 Å². The van der Waals surface area contributed by atoms with Gasteiger partial charge in [0.05, 0.1) is 12.2 Å². The Morgan fingerprint density at radius 1 is 1.08 bits per heavy atom. The van der Waals surface area contributed by atoms with E-state index in [4.69, 9.17) is 13.9 Å². The van der Waals surface area contributed by atoms with Crippen molar-refractivity contribution < 1.29 is 8.94 Å². The first kappa shape index (κ1) is 17.0. The zero-order chi connectivity index (χ0) is 18.1. The number of aromatic nitrogens is 3. The topological polar surface area (TPSA) is 68.2 Å². The summed E-state index contributed by atoms with van der Waals surface area (Å²) in [5.74, 6) is 3.54. The van der Waals surface area contributed by atoms with Crippen molar-refractivity contribution in [2.75, 3.05) is 6.54 Å². The van der Waals surface area contributed by atoms with Gasteiger partial charge in [-0.25, -0.2) is 4.98 Å². The van der Waals surface area contributed by atoms with Gasteiger partial charge in [0.15, 0.2) is 5.82 Å². The summed E-state index contributed by atoms with van der Waals surface area (Å²) in [6.07, 6.45) is 2.33. The summed E-state index contributed by atoms with van der Waals surface area (Å²) in [5.41, 5.74) is 3.17. The third kappa shape index (κ3) is 3.70. The minimum atomic E-state index is 0.487. The maximum Gasteiger partial charge on any atom is 0.229 e. The molecule has 1 saturated carbocycles. The molecule has 4 rings (SSSR count). The highest BCUT2D eigenvalue weighted by Gasteiger charge is 2.29. The summed E-state index contributed by atoms with van der Waals surface area (Å²) in [4.78, 5) is 11.5. The molecule has 3 aromatic rings. The summed E-state index contributed by atoms with van der Waals surface area (Å²) >= 11 is 0. The lowest BCUT2D eigenvalue weighted by atomic mass is 10.1. The van der Waals surface area contributed by atoms with Crippen LogP contribution < -0.4 is 0 Å². The van der Waals surface area contributed by atoms with Gasteiger partial charge < -0.3 is 8.94 Å². The molecular formula is C20H24N4O2. The number of hydrogen-bond donors (Lipinski definition) is 0. The number of hydrogen-bond acceptors (Lipinski definition) is 6. The predicted molar refractivity (Wildman–Crippen MR) is 97.5 cm³/mol. The fourth-order valence-electron chi connectivity index (χ4n) is 2.91. The van der Waals surface area contributed by atoms with Crippen molar-refractivity contribution in [3.05, 3.63) is 53.0 Å². The molecule has 0 N–H and O–H groups in total. The monoisotopic (exact) mass is 352 g/mol. The van der Waals surface area contributed by atoms with E-state index >= 15 is 0 Å². The molecule has 0 saturated heterocycles. The minimum Gasteiger partial charge on any atom is -0.441 e. The molecule has 1 aliphatic carbocycles. The van der Waals surface area contributed by atoms with E-state index in [1.54, 1.807) is 0 Å². The van der Waals surface area contributed by atoms with E-state index in [2.05, 4.69) is 41.0 Å². The predicted octanol–water partition coefficient (Wildman–Crippen LogP) is 4.24. The highest BCUT2D eigenvalue weighted by molar-refractivity contribution is 5.54. The Labute approximate surface area is 153 Å². The molecule has 1 aromatic carbocycles. The molecule has 0 unspecified atom stereocenters. The molecule has 6 heteroatoms. The van der Waals surface area contributed by atoms with Crippen LogP contribution in [0.4, 0.5) is 0 Å². The van der Waals surface area contributed by atoms with Crippen molar-refractivity contribution in [3.8, 4) is 11.5 Å². The number of aryl methyl sites for hydroxylation is 2. The van der Waals surface area contributed by atoms with E-state index in [-0.39, 0.29) is 0 Å². The van der Waals surface area contributed by atoms with Crippen LogP contribution in [0.15, 0.2) is 33.2 Å². The maximum absolute atomic E-state index is 5.89. The lowest BCUT2D eigenvalue weighted by Gasteiger charge is -2.16. The van der Waals surface area contributed by atoms with Gasteiger partial charge in [0.25, 0.3) is 0 Å². The second kappa shape index (κ2) is 7.03. The van der Waals surface area contributed by atoms with Gasteiger partial charge in [-0.3, -0.25) is 4.90 Å². The fraction of sp³-hybridized carbons (Fsp3) is 0.450. The SMILES string of the molecule is CCN(Cc1noc(C2CC2)n1)Cc1nc(-c2ccc(C)cc2)oc1C. The fourth-order valence-corrected chi connectivity index (χ4v) is 2.91. The van der Waals surface area contributed by atoms with Gasteiger partial charge in [0.2, 0.25) is 11.8 Å². The van der Waals surface area contributed by atoms with Gasteiger partial charge in [-0.05, 0) is 45.4 Å². The van der Waals surface area contributed by atoms with Crippen molar-refractivity contribution in [3.63, 3.8) is 0 Å². The number of oxazole rings is 1. The molecule has 0 atom stereocenters. The smallest absolute Gasteiger partial charge is 0.229 e. The third-order valence-corrected chi connectivity index (χ3v) is 4.79. The minimum absolute atomic E-state index is 0.487. The first-order chi connectivity index (χ1) is 12.6. The Balaban J connectivity index is 1.46. The molecule has 136 valence electrons. The zero-order valence-corrected chi connectivity index (χ0v) is 15.5. The Morgan fingerprint density at radius 2 is 1.85 bits per heavy atom. The largest absolute Gasteiger partial charge is 0.441 e.